The predicted octanol–water partition coefficient (Wildman–Crippen LogP) is 2.28. The Morgan fingerprint density at radius 2 is 2.11 bits per heavy atom. The molecular formula is C13H23NO3S. The van der Waals surface area contributed by atoms with Crippen LogP contribution in [0, 0.1) is 5.92 Å². The van der Waals surface area contributed by atoms with Crippen molar-refractivity contribution in [2.75, 3.05) is 11.5 Å². The van der Waals surface area contributed by atoms with Crippen molar-refractivity contribution in [3.8, 4) is 0 Å². The molecule has 1 fully saturated rings. The van der Waals surface area contributed by atoms with Gasteiger partial charge in [-0.25, -0.2) is 0 Å². The lowest BCUT2D eigenvalue weighted by atomic mass is 10.1. The number of amides is 1. The molecule has 0 saturated heterocycles. The standard InChI is InChI=1S/C13H23NO3S/c1-2-3-7-18-8-6-12(15)14-11-5-4-10(9-11)13(16)17/h10-11H,2-9H2,1H3,(H,14,15)(H,16,17)/t10-,11+/m0/s1. The number of thioether (sulfide) groups is 1. The van der Waals surface area contributed by atoms with Gasteiger partial charge in [-0.2, -0.15) is 11.8 Å². The number of hydrogen-bond acceptors (Lipinski definition) is 3. The number of carbonyl (C=O) groups excluding carboxylic acids is 1. The van der Waals surface area contributed by atoms with Crippen LogP contribution in [-0.4, -0.2) is 34.5 Å². The summed E-state index contributed by atoms with van der Waals surface area (Å²) in [5, 5.41) is 11.8. The van der Waals surface area contributed by atoms with Crippen LogP contribution in [0.25, 0.3) is 0 Å². The normalized spacial score (nSPS) is 22.9. The molecule has 0 spiro atoms. The lowest BCUT2D eigenvalue weighted by Gasteiger charge is -2.12. The zero-order valence-corrected chi connectivity index (χ0v) is 11.8. The summed E-state index contributed by atoms with van der Waals surface area (Å²) in [6.07, 6.45) is 5.01. The van der Waals surface area contributed by atoms with E-state index in [0.717, 1.165) is 17.9 Å². The second kappa shape index (κ2) is 8.40. The Bertz CT molecular complexity index is 283. The van der Waals surface area contributed by atoms with Crippen molar-refractivity contribution in [2.24, 2.45) is 5.92 Å². The Balaban J connectivity index is 2.08. The highest BCUT2D eigenvalue weighted by atomic mass is 32.2. The van der Waals surface area contributed by atoms with Gasteiger partial charge in [0.05, 0.1) is 5.92 Å². The SMILES string of the molecule is CCCCSCCC(=O)N[C@@H]1CC[C@H](C(=O)O)C1. The topological polar surface area (TPSA) is 66.4 Å². The minimum atomic E-state index is -0.734. The highest BCUT2D eigenvalue weighted by Gasteiger charge is 2.30. The maximum Gasteiger partial charge on any atom is 0.306 e. The van der Waals surface area contributed by atoms with Gasteiger partial charge in [0.15, 0.2) is 0 Å². The molecule has 0 heterocycles. The Morgan fingerprint density at radius 1 is 1.33 bits per heavy atom. The van der Waals surface area contributed by atoms with Crippen LogP contribution in [0.3, 0.4) is 0 Å². The molecule has 0 aromatic heterocycles. The maximum absolute atomic E-state index is 11.6. The van der Waals surface area contributed by atoms with Gasteiger partial charge < -0.3 is 10.4 Å². The van der Waals surface area contributed by atoms with Crippen molar-refractivity contribution in [1.82, 2.24) is 5.32 Å². The molecule has 0 aromatic carbocycles. The van der Waals surface area contributed by atoms with Crippen molar-refractivity contribution in [3.05, 3.63) is 0 Å². The molecular weight excluding hydrogens is 250 g/mol. The molecule has 1 amide bonds. The molecule has 1 aliphatic carbocycles. The van der Waals surface area contributed by atoms with Crippen LogP contribution in [0.4, 0.5) is 0 Å². The average molecular weight is 273 g/mol. The highest BCUT2D eigenvalue weighted by molar-refractivity contribution is 7.99. The number of nitrogens with one attached hydrogen (secondary N) is 1. The fraction of sp³-hybridized carbons (Fsp3) is 0.846. The number of aliphatic carboxylic acids is 1. The zero-order chi connectivity index (χ0) is 13.4. The number of carboxylic acids is 1. The first-order valence-corrected chi connectivity index (χ1v) is 7.88. The molecule has 1 saturated carbocycles. The summed E-state index contributed by atoms with van der Waals surface area (Å²) < 4.78 is 0. The molecule has 4 nitrogen and oxygen atoms in total. The quantitative estimate of drug-likeness (QED) is 0.666. The third-order valence-electron chi connectivity index (χ3n) is 3.26. The van der Waals surface area contributed by atoms with E-state index < -0.39 is 5.97 Å². The third kappa shape index (κ3) is 5.76. The first kappa shape index (κ1) is 15.3. The Labute approximate surface area is 113 Å². The summed E-state index contributed by atoms with van der Waals surface area (Å²) in [6, 6.07) is 0.0687. The van der Waals surface area contributed by atoms with Crippen LogP contribution >= 0.6 is 11.8 Å². The average Bonchev–Trinajstić information content (AvgIpc) is 2.77. The minimum absolute atomic E-state index is 0.0648. The van der Waals surface area contributed by atoms with Crippen molar-refractivity contribution in [2.45, 2.75) is 51.5 Å². The lowest BCUT2D eigenvalue weighted by molar-refractivity contribution is -0.141. The number of carbonyl (C=O) groups is 2. The minimum Gasteiger partial charge on any atom is -0.481 e. The molecule has 0 bridgehead atoms. The molecule has 1 aliphatic rings. The maximum atomic E-state index is 11.6. The number of hydrogen-bond donors (Lipinski definition) is 2. The van der Waals surface area contributed by atoms with Crippen molar-refractivity contribution >= 4 is 23.6 Å². The van der Waals surface area contributed by atoms with Crippen LogP contribution in [-0.2, 0) is 9.59 Å². The fourth-order valence-electron chi connectivity index (χ4n) is 2.15. The van der Waals surface area contributed by atoms with Crippen molar-refractivity contribution in [1.29, 1.82) is 0 Å². The van der Waals surface area contributed by atoms with Gasteiger partial charge in [0.25, 0.3) is 0 Å². The second-order valence-corrected chi connectivity index (χ2v) is 6.05. The summed E-state index contributed by atoms with van der Waals surface area (Å²) >= 11 is 1.81. The van der Waals surface area contributed by atoms with Crippen molar-refractivity contribution < 1.29 is 14.7 Å². The monoisotopic (exact) mass is 273 g/mol. The first-order valence-electron chi connectivity index (χ1n) is 6.73. The Hall–Kier alpha value is -0.710. The van der Waals surface area contributed by atoms with E-state index in [1.807, 2.05) is 11.8 Å². The van der Waals surface area contributed by atoms with Crippen LogP contribution in [0.2, 0.25) is 0 Å². The van der Waals surface area contributed by atoms with Gasteiger partial charge in [-0.1, -0.05) is 13.3 Å². The largest absolute Gasteiger partial charge is 0.481 e. The molecule has 18 heavy (non-hydrogen) atoms. The van der Waals surface area contributed by atoms with E-state index in [1.54, 1.807) is 0 Å². The highest BCUT2D eigenvalue weighted by Crippen LogP contribution is 2.25. The van der Waals surface area contributed by atoms with Gasteiger partial charge >= 0.3 is 5.97 Å². The van der Waals surface area contributed by atoms with Crippen LogP contribution in [0.1, 0.15) is 45.4 Å². The van der Waals surface area contributed by atoms with Crippen LogP contribution in [0.5, 0.6) is 0 Å². The van der Waals surface area contributed by atoms with Crippen LogP contribution in [0.15, 0.2) is 0 Å². The Kier molecular flexibility index (Phi) is 7.16. The molecule has 2 N–H and O–H groups in total. The molecule has 1 rings (SSSR count). The summed E-state index contributed by atoms with van der Waals surface area (Å²) in [6.45, 7) is 2.16. The van der Waals surface area contributed by atoms with E-state index >= 15 is 0 Å². The van der Waals surface area contributed by atoms with E-state index in [2.05, 4.69) is 12.2 Å². The predicted molar refractivity (Wildman–Crippen MR) is 73.8 cm³/mol. The van der Waals surface area contributed by atoms with Gasteiger partial charge in [-0.15, -0.1) is 0 Å². The molecule has 5 heteroatoms. The van der Waals surface area contributed by atoms with E-state index in [0.29, 0.717) is 19.3 Å². The van der Waals surface area contributed by atoms with E-state index in [1.165, 1.54) is 12.8 Å². The van der Waals surface area contributed by atoms with Gasteiger partial charge in [0.2, 0.25) is 5.91 Å². The second-order valence-electron chi connectivity index (χ2n) is 4.83. The zero-order valence-electron chi connectivity index (χ0n) is 11.0. The van der Waals surface area contributed by atoms with Crippen molar-refractivity contribution in [3.63, 3.8) is 0 Å². The summed E-state index contributed by atoms with van der Waals surface area (Å²) in [7, 11) is 0. The van der Waals surface area contributed by atoms with Gasteiger partial charge in [-0.05, 0) is 31.4 Å². The van der Waals surface area contributed by atoms with E-state index in [9.17, 15) is 9.59 Å². The summed E-state index contributed by atoms with van der Waals surface area (Å²) in [5.74, 6) is 1.04. The molecule has 104 valence electrons. The smallest absolute Gasteiger partial charge is 0.306 e. The number of carboxylic acid groups (broad SMARTS) is 1. The summed E-state index contributed by atoms with van der Waals surface area (Å²) in [4.78, 5) is 22.4. The number of unbranched alkanes of at least 4 members (excludes halogenated alkanes) is 1. The molecule has 0 unspecified atom stereocenters. The summed E-state index contributed by atoms with van der Waals surface area (Å²) in [5.41, 5.74) is 0. The van der Waals surface area contributed by atoms with Gasteiger partial charge in [0, 0.05) is 18.2 Å². The molecule has 0 radical (unpaired) electrons. The van der Waals surface area contributed by atoms with Gasteiger partial charge in [0.1, 0.15) is 0 Å². The molecule has 2 atom stereocenters. The number of rotatable bonds is 8. The molecule has 0 aliphatic heterocycles. The van der Waals surface area contributed by atoms with Gasteiger partial charge in [-0.3, -0.25) is 9.59 Å². The van der Waals surface area contributed by atoms with E-state index in [-0.39, 0.29) is 17.9 Å². The van der Waals surface area contributed by atoms with Crippen LogP contribution < -0.4 is 5.32 Å². The lowest BCUT2D eigenvalue weighted by Crippen LogP contribution is -2.33. The first-order chi connectivity index (χ1) is 8.63. The molecule has 0 aromatic rings. The fourth-order valence-corrected chi connectivity index (χ4v) is 3.18. The van der Waals surface area contributed by atoms with E-state index in [4.69, 9.17) is 5.11 Å². The third-order valence-corrected chi connectivity index (χ3v) is 4.33. The Morgan fingerprint density at radius 3 is 2.72 bits per heavy atom.